The third-order valence-electron chi connectivity index (χ3n) is 6.26. The van der Waals surface area contributed by atoms with Crippen molar-refractivity contribution in [3.63, 3.8) is 0 Å². The zero-order chi connectivity index (χ0) is 16.9. The van der Waals surface area contributed by atoms with Crippen molar-refractivity contribution in [2.45, 2.75) is 50.0 Å². The first-order chi connectivity index (χ1) is 12.3. The molecule has 2 atom stereocenters. The minimum Gasteiger partial charge on any atom is -0.382 e. The van der Waals surface area contributed by atoms with Crippen molar-refractivity contribution in [3.8, 4) is 0 Å². The maximum atomic E-state index is 6.36. The summed E-state index contributed by atoms with van der Waals surface area (Å²) in [5.41, 5.74) is 7.75. The van der Waals surface area contributed by atoms with Crippen LogP contribution in [0.3, 0.4) is 0 Å². The highest BCUT2D eigenvalue weighted by Gasteiger charge is 2.46. The summed E-state index contributed by atoms with van der Waals surface area (Å²) in [7, 11) is 0. The summed E-state index contributed by atoms with van der Waals surface area (Å²) in [6.45, 7) is 4.54. The molecule has 0 radical (unpaired) electrons. The van der Waals surface area contributed by atoms with E-state index in [9.17, 15) is 0 Å². The number of hydrogen-bond acceptors (Lipinski definition) is 7. The van der Waals surface area contributed by atoms with Gasteiger partial charge in [-0.1, -0.05) is 0 Å². The van der Waals surface area contributed by atoms with Gasteiger partial charge in [-0.2, -0.15) is 0 Å². The molecule has 0 bridgehead atoms. The fourth-order valence-electron chi connectivity index (χ4n) is 4.68. The molecule has 3 N–H and O–H groups in total. The minimum atomic E-state index is -0.00505. The Morgan fingerprint density at radius 3 is 2.88 bits per heavy atom. The minimum absolute atomic E-state index is 0.00505. The van der Waals surface area contributed by atoms with E-state index in [2.05, 4.69) is 25.2 Å². The lowest BCUT2D eigenvalue weighted by atomic mass is 9.76. The highest BCUT2D eigenvalue weighted by atomic mass is 16.5. The van der Waals surface area contributed by atoms with Gasteiger partial charge in [-0.3, -0.25) is 9.47 Å². The number of piperidine rings is 1. The lowest BCUT2D eigenvalue weighted by Crippen LogP contribution is -2.64. The van der Waals surface area contributed by atoms with Gasteiger partial charge in [0.25, 0.3) is 0 Å². The Bertz CT molecular complexity index is 769. The summed E-state index contributed by atoms with van der Waals surface area (Å²) in [6.07, 6.45) is 9.50. The predicted octanol–water partition coefficient (Wildman–Crippen LogP) is 0.914. The zero-order valence-electron chi connectivity index (χ0n) is 14.4. The number of rotatable bonds is 3. The molecular weight excluding hydrogens is 318 g/mol. The molecule has 2 aromatic rings. The summed E-state index contributed by atoms with van der Waals surface area (Å²) in [5, 5.41) is 3.48. The van der Waals surface area contributed by atoms with Gasteiger partial charge in [0.2, 0.25) is 0 Å². The van der Waals surface area contributed by atoms with Gasteiger partial charge in [0.15, 0.2) is 11.5 Å². The number of ether oxygens (including phenoxy) is 1. The van der Waals surface area contributed by atoms with Crippen LogP contribution in [0.5, 0.6) is 0 Å². The third kappa shape index (κ3) is 2.51. The van der Waals surface area contributed by atoms with E-state index in [-0.39, 0.29) is 12.3 Å². The summed E-state index contributed by atoms with van der Waals surface area (Å²) in [6, 6.07) is 0. The third-order valence-corrected chi connectivity index (χ3v) is 6.26. The van der Waals surface area contributed by atoms with Crippen molar-refractivity contribution in [1.82, 2.24) is 29.7 Å². The number of nitrogens with zero attached hydrogens (tertiary/aromatic N) is 5. The maximum Gasteiger partial charge on any atom is 0.167 e. The number of imidazole rings is 1. The molecule has 1 spiro atoms. The van der Waals surface area contributed by atoms with Crippen molar-refractivity contribution < 1.29 is 4.74 Å². The van der Waals surface area contributed by atoms with Gasteiger partial charge in [-0.05, 0) is 45.2 Å². The first-order valence-corrected chi connectivity index (χ1v) is 9.29. The van der Waals surface area contributed by atoms with Gasteiger partial charge in [-0.25, -0.2) is 15.0 Å². The average molecular weight is 343 g/mol. The summed E-state index contributed by atoms with van der Waals surface area (Å²) < 4.78 is 8.36. The average Bonchev–Trinajstić information content (AvgIpc) is 3.27. The molecule has 3 aliphatic heterocycles. The molecule has 3 saturated heterocycles. The van der Waals surface area contributed by atoms with Gasteiger partial charge in [0, 0.05) is 18.6 Å². The molecular formula is C17H25N7O. The number of aromatic nitrogens is 4. The number of nitrogens with two attached hydrogens (primary N) is 1. The number of anilines is 1. The molecule has 5 heterocycles. The summed E-state index contributed by atoms with van der Waals surface area (Å²) >= 11 is 0. The predicted molar refractivity (Wildman–Crippen MR) is 93.9 cm³/mol. The molecule has 8 nitrogen and oxygen atoms in total. The highest BCUT2D eigenvalue weighted by molar-refractivity contribution is 5.81. The molecule has 5 rings (SSSR count). The normalized spacial score (nSPS) is 29.3. The monoisotopic (exact) mass is 343 g/mol. The van der Waals surface area contributed by atoms with Crippen LogP contribution >= 0.6 is 0 Å². The molecule has 3 aliphatic rings. The van der Waals surface area contributed by atoms with Gasteiger partial charge in [-0.15, -0.1) is 0 Å². The Labute approximate surface area is 146 Å². The number of nitrogens with one attached hydrogen (secondary N) is 1. The lowest BCUT2D eigenvalue weighted by Gasteiger charge is -2.56. The molecule has 0 aromatic carbocycles. The van der Waals surface area contributed by atoms with Crippen LogP contribution in [0.2, 0.25) is 0 Å². The molecule has 8 heteroatoms. The van der Waals surface area contributed by atoms with Crippen molar-refractivity contribution in [3.05, 3.63) is 12.7 Å². The van der Waals surface area contributed by atoms with E-state index in [0.29, 0.717) is 16.9 Å². The van der Waals surface area contributed by atoms with Crippen molar-refractivity contribution in [1.29, 1.82) is 0 Å². The second-order valence-corrected chi connectivity index (χ2v) is 7.54. The van der Waals surface area contributed by atoms with E-state index in [4.69, 9.17) is 10.5 Å². The van der Waals surface area contributed by atoms with E-state index >= 15 is 0 Å². The van der Waals surface area contributed by atoms with E-state index in [1.54, 1.807) is 6.33 Å². The molecule has 0 saturated carbocycles. The van der Waals surface area contributed by atoms with Gasteiger partial charge in [0.1, 0.15) is 18.1 Å². The van der Waals surface area contributed by atoms with Crippen LogP contribution in [-0.4, -0.2) is 62.2 Å². The van der Waals surface area contributed by atoms with Crippen LogP contribution in [0.25, 0.3) is 11.2 Å². The lowest BCUT2D eigenvalue weighted by molar-refractivity contribution is -0.0829. The topological polar surface area (TPSA) is 94.1 Å². The largest absolute Gasteiger partial charge is 0.382 e. The SMILES string of the molecule is Nc1ncnc2c1ncn2C1CCC(CN2CCC23CCNCC3)O1. The Morgan fingerprint density at radius 2 is 2.08 bits per heavy atom. The Hall–Kier alpha value is -1.77. The number of nitrogen functional groups attached to an aromatic ring is 1. The van der Waals surface area contributed by atoms with E-state index in [0.717, 1.165) is 38.1 Å². The smallest absolute Gasteiger partial charge is 0.167 e. The zero-order valence-corrected chi connectivity index (χ0v) is 14.4. The summed E-state index contributed by atoms with van der Waals surface area (Å²) in [5.74, 6) is 0.423. The Kier molecular flexibility index (Phi) is 3.65. The number of fused-ring (bicyclic) bond motifs is 1. The van der Waals surface area contributed by atoms with E-state index in [1.807, 2.05) is 4.57 Å². The fourth-order valence-corrected chi connectivity index (χ4v) is 4.68. The van der Waals surface area contributed by atoms with Crippen molar-refractivity contribution >= 4 is 17.0 Å². The van der Waals surface area contributed by atoms with Crippen LogP contribution in [0, 0.1) is 0 Å². The molecule has 2 unspecified atom stereocenters. The van der Waals surface area contributed by atoms with Gasteiger partial charge >= 0.3 is 0 Å². The quantitative estimate of drug-likeness (QED) is 0.855. The Balaban J connectivity index is 1.27. The molecule has 2 aromatic heterocycles. The van der Waals surface area contributed by atoms with Crippen LogP contribution in [0.4, 0.5) is 5.82 Å². The number of likely N-dealkylation sites (tertiary alicyclic amines) is 1. The maximum absolute atomic E-state index is 6.36. The van der Waals surface area contributed by atoms with Crippen molar-refractivity contribution in [2.75, 3.05) is 31.9 Å². The molecule has 25 heavy (non-hydrogen) atoms. The van der Waals surface area contributed by atoms with Crippen molar-refractivity contribution in [2.24, 2.45) is 0 Å². The van der Waals surface area contributed by atoms with E-state index in [1.165, 1.54) is 32.1 Å². The van der Waals surface area contributed by atoms with Gasteiger partial charge < -0.3 is 15.8 Å². The number of hydrogen-bond donors (Lipinski definition) is 2. The second kappa shape index (κ2) is 5.89. The standard InChI is InChI=1S/C17H25N7O/c18-15-14-16(21-10-20-15)24(11-22-14)13-2-1-12(25-13)9-23-8-5-17(23)3-6-19-7-4-17/h10-13,19H,1-9H2,(H2,18,20,21). The summed E-state index contributed by atoms with van der Waals surface area (Å²) in [4.78, 5) is 15.4. The molecule has 0 amide bonds. The van der Waals surface area contributed by atoms with Gasteiger partial charge in [0.05, 0.1) is 12.4 Å². The Morgan fingerprint density at radius 1 is 1.20 bits per heavy atom. The van der Waals surface area contributed by atoms with Crippen LogP contribution in [-0.2, 0) is 4.74 Å². The fraction of sp³-hybridized carbons (Fsp3) is 0.706. The second-order valence-electron chi connectivity index (χ2n) is 7.54. The first kappa shape index (κ1) is 15.5. The van der Waals surface area contributed by atoms with Crippen LogP contribution < -0.4 is 11.1 Å². The molecule has 134 valence electrons. The van der Waals surface area contributed by atoms with E-state index < -0.39 is 0 Å². The van der Waals surface area contributed by atoms with Crippen LogP contribution in [0.1, 0.15) is 38.3 Å². The molecule has 0 aliphatic carbocycles. The highest BCUT2D eigenvalue weighted by Crippen LogP contribution is 2.40. The van der Waals surface area contributed by atoms with Crippen LogP contribution in [0.15, 0.2) is 12.7 Å². The first-order valence-electron chi connectivity index (χ1n) is 9.29. The molecule has 3 fully saturated rings.